The molecule has 2 aromatic heterocycles. The molecule has 2 aliphatic rings. The van der Waals surface area contributed by atoms with Crippen LogP contribution in [0.1, 0.15) is 36.8 Å². The summed E-state index contributed by atoms with van der Waals surface area (Å²) in [6.07, 6.45) is 11.8. The zero-order chi connectivity index (χ0) is 20.9. The van der Waals surface area contributed by atoms with Gasteiger partial charge in [0.2, 0.25) is 0 Å². The molecule has 3 aromatic rings. The Morgan fingerprint density at radius 2 is 1.42 bits per heavy atom. The van der Waals surface area contributed by atoms with Crippen LogP contribution in [0, 0.1) is 0 Å². The maximum Gasteiger partial charge on any atom is 0.137 e. The van der Waals surface area contributed by atoms with Crippen LogP contribution in [0.3, 0.4) is 0 Å². The number of amidine groups is 2. The number of aromatic nitrogens is 2. The largest absolute Gasteiger partial charge is 0.306 e. The van der Waals surface area contributed by atoms with E-state index in [-0.39, 0.29) is 0 Å². The van der Waals surface area contributed by atoms with Crippen LogP contribution in [-0.4, -0.2) is 46.6 Å². The first kappa shape index (κ1) is 19.2. The molecule has 0 amide bonds. The van der Waals surface area contributed by atoms with E-state index >= 15 is 0 Å². The minimum atomic E-state index is 0.891. The first-order valence-corrected chi connectivity index (χ1v) is 10.6. The Balaban J connectivity index is 1.26. The van der Waals surface area contributed by atoms with E-state index in [9.17, 15) is 0 Å². The molecule has 2 aliphatic heterocycles. The lowest BCUT2D eigenvalue weighted by atomic mass is 10.1. The van der Waals surface area contributed by atoms with Crippen molar-refractivity contribution in [3.05, 3.63) is 59.9 Å². The van der Waals surface area contributed by atoms with Gasteiger partial charge in [0.1, 0.15) is 17.3 Å². The number of nitrogens with zero attached hydrogens (tertiary/aromatic N) is 6. The van der Waals surface area contributed by atoms with Crippen LogP contribution >= 0.6 is 0 Å². The third kappa shape index (κ3) is 4.69. The van der Waals surface area contributed by atoms with Crippen molar-refractivity contribution in [1.29, 1.82) is 0 Å². The molecule has 5 rings (SSSR count). The van der Waals surface area contributed by atoms with E-state index in [0.29, 0.717) is 0 Å². The number of hydrazone groups is 2. The minimum absolute atomic E-state index is 0.891. The molecule has 31 heavy (non-hydrogen) atoms. The molecule has 0 bridgehead atoms. The van der Waals surface area contributed by atoms with Crippen molar-refractivity contribution in [2.45, 2.75) is 25.7 Å². The van der Waals surface area contributed by atoms with Crippen LogP contribution in [0.15, 0.2) is 69.0 Å². The third-order valence-corrected chi connectivity index (χ3v) is 5.24. The molecule has 2 N–H and O–H groups in total. The number of hydrogen-bond donors (Lipinski definition) is 2. The van der Waals surface area contributed by atoms with Gasteiger partial charge in [-0.15, -0.1) is 0 Å². The molecule has 8 heteroatoms. The van der Waals surface area contributed by atoms with Crippen molar-refractivity contribution in [1.82, 2.24) is 20.2 Å². The summed E-state index contributed by atoms with van der Waals surface area (Å²) in [4.78, 5) is 13.4. The zero-order valence-electron chi connectivity index (χ0n) is 17.2. The van der Waals surface area contributed by atoms with Gasteiger partial charge in [0.25, 0.3) is 0 Å². The molecule has 0 atom stereocenters. The van der Waals surface area contributed by atoms with Crippen molar-refractivity contribution in [2.24, 2.45) is 20.2 Å². The summed E-state index contributed by atoms with van der Waals surface area (Å²) in [5, 5.41) is 8.56. The second-order valence-corrected chi connectivity index (χ2v) is 7.58. The predicted octanol–water partition coefficient (Wildman–Crippen LogP) is 3.23. The van der Waals surface area contributed by atoms with E-state index in [1.807, 2.05) is 47.3 Å². The fraction of sp³-hybridized carbons (Fsp3) is 0.261. The molecule has 0 fully saturated rings. The highest BCUT2D eigenvalue weighted by molar-refractivity contribution is 5.87. The van der Waals surface area contributed by atoms with Gasteiger partial charge in [-0.25, -0.2) is 4.98 Å². The van der Waals surface area contributed by atoms with Gasteiger partial charge in [-0.2, -0.15) is 10.2 Å². The molecule has 1 aromatic carbocycles. The molecular formula is C23H24N8. The molecular weight excluding hydrogens is 388 g/mol. The molecule has 4 heterocycles. The van der Waals surface area contributed by atoms with Gasteiger partial charge in [-0.1, -0.05) is 24.3 Å². The maximum atomic E-state index is 4.73. The van der Waals surface area contributed by atoms with Crippen molar-refractivity contribution in [2.75, 3.05) is 13.1 Å². The fourth-order valence-corrected chi connectivity index (χ4v) is 3.59. The summed E-state index contributed by atoms with van der Waals surface area (Å²) in [5.41, 5.74) is 10.9. The SMILES string of the molecule is C(=N\NC1=NCCC1)/c1ccc(-c2cn3cc(/C=N/NC4=NCCC4)ccc3n2)cc1. The third-order valence-electron chi connectivity index (χ3n) is 5.24. The Morgan fingerprint density at radius 1 is 0.774 bits per heavy atom. The van der Waals surface area contributed by atoms with Crippen molar-refractivity contribution >= 4 is 29.7 Å². The van der Waals surface area contributed by atoms with E-state index in [2.05, 4.69) is 43.2 Å². The van der Waals surface area contributed by atoms with Gasteiger partial charge < -0.3 is 4.40 Å². The average Bonchev–Trinajstić information content (AvgIpc) is 3.56. The standard InChI is InChI=1S/C23H24N8/c1-3-21(24-11-1)29-26-13-17-5-8-19(9-6-17)20-16-31-15-18(7-10-23(31)28-20)14-27-30-22-4-2-12-25-22/h5-10,13-16H,1-4,11-12H2,(H,24,29)(H,25,30)/b26-13+,27-14+. The Hall–Kier alpha value is -3.81. The summed E-state index contributed by atoms with van der Waals surface area (Å²) in [7, 11) is 0. The van der Waals surface area contributed by atoms with Gasteiger partial charge in [0.05, 0.1) is 18.1 Å². The molecule has 156 valence electrons. The Labute approximate surface area is 180 Å². The number of nitrogens with one attached hydrogen (secondary N) is 2. The van der Waals surface area contributed by atoms with Crippen molar-refractivity contribution in [3.8, 4) is 11.3 Å². The number of imidazole rings is 1. The van der Waals surface area contributed by atoms with Gasteiger partial charge >= 0.3 is 0 Å². The number of benzene rings is 1. The predicted molar refractivity (Wildman–Crippen MR) is 125 cm³/mol. The second-order valence-electron chi connectivity index (χ2n) is 7.58. The summed E-state index contributed by atoms with van der Waals surface area (Å²) in [6.45, 7) is 1.79. The van der Waals surface area contributed by atoms with Crippen LogP contribution in [0.4, 0.5) is 0 Å². The number of aliphatic imine (C=N–C) groups is 2. The van der Waals surface area contributed by atoms with Crippen molar-refractivity contribution in [3.63, 3.8) is 0 Å². The summed E-state index contributed by atoms with van der Waals surface area (Å²) in [5.74, 6) is 1.92. The number of pyridine rings is 1. The van der Waals surface area contributed by atoms with E-state index in [0.717, 1.165) is 78.5 Å². The van der Waals surface area contributed by atoms with Gasteiger partial charge in [0.15, 0.2) is 0 Å². The van der Waals surface area contributed by atoms with Gasteiger partial charge in [-0.05, 0) is 30.5 Å². The summed E-state index contributed by atoms with van der Waals surface area (Å²) < 4.78 is 2.02. The summed E-state index contributed by atoms with van der Waals surface area (Å²) >= 11 is 0. The lowest BCUT2D eigenvalue weighted by Crippen LogP contribution is -2.14. The maximum absolute atomic E-state index is 4.73. The second kappa shape index (κ2) is 8.91. The van der Waals surface area contributed by atoms with E-state index in [1.165, 1.54) is 0 Å². The molecule has 0 unspecified atom stereocenters. The highest BCUT2D eigenvalue weighted by Gasteiger charge is 2.06. The normalized spacial score (nSPS) is 16.4. The Bertz CT molecular complexity index is 1180. The van der Waals surface area contributed by atoms with Gasteiger partial charge in [0, 0.05) is 49.5 Å². The van der Waals surface area contributed by atoms with Crippen LogP contribution in [-0.2, 0) is 0 Å². The smallest absolute Gasteiger partial charge is 0.137 e. The van der Waals surface area contributed by atoms with E-state index in [1.54, 1.807) is 6.21 Å². The highest BCUT2D eigenvalue weighted by Crippen LogP contribution is 2.20. The molecule has 0 saturated carbocycles. The number of hydrogen-bond acceptors (Lipinski definition) is 7. The molecule has 8 nitrogen and oxygen atoms in total. The molecule has 0 saturated heterocycles. The van der Waals surface area contributed by atoms with Gasteiger partial charge in [-0.3, -0.25) is 20.8 Å². The van der Waals surface area contributed by atoms with E-state index in [4.69, 9.17) is 4.98 Å². The number of rotatable bonds is 5. The van der Waals surface area contributed by atoms with Crippen LogP contribution in [0.25, 0.3) is 16.9 Å². The quantitative estimate of drug-likeness (QED) is 0.498. The first-order valence-electron chi connectivity index (χ1n) is 10.6. The Kier molecular flexibility index (Phi) is 5.51. The highest BCUT2D eigenvalue weighted by atomic mass is 15.3. The summed E-state index contributed by atoms with van der Waals surface area (Å²) in [6, 6.07) is 12.2. The molecule has 0 aliphatic carbocycles. The topological polar surface area (TPSA) is 90.8 Å². The number of fused-ring (bicyclic) bond motifs is 1. The minimum Gasteiger partial charge on any atom is -0.306 e. The van der Waals surface area contributed by atoms with Crippen LogP contribution in [0.5, 0.6) is 0 Å². The Morgan fingerprint density at radius 3 is 2.06 bits per heavy atom. The van der Waals surface area contributed by atoms with E-state index < -0.39 is 0 Å². The lowest BCUT2D eigenvalue weighted by Gasteiger charge is -1.99. The lowest BCUT2D eigenvalue weighted by molar-refractivity contribution is 0.937. The van der Waals surface area contributed by atoms with Crippen LogP contribution < -0.4 is 10.9 Å². The fourth-order valence-electron chi connectivity index (χ4n) is 3.59. The zero-order valence-corrected chi connectivity index (χ0v) is 17.2. The monoisotopic (exact) mass is 412 g/mol. The average molecular weight is 413 g/mol. The van der Waals surface area contributed by atoms with Crippen molar-refractivity contribution < 1.29 is 0 Å². The molecule has 0 radical (unpaired) electrons. The first-order chi connectivity index (χ1) is 15.3. The van der Waals surface area contributed by atoms with Crippen LogP contribution in [0.2, 0.25) is 0 Å². The molecule has 0 spiro atoms.